The highest BCUT2D eigenvalue weighted by Gasteiger charge is 2.28. The minimum Gasteiger partial charge on any atom is -0.370 e. The normalized spacial score (nSPS) is 14.5. The molecule has 12 N–H and O–H groups in total. The van der Waals surface area contributed by atoms with Crippen molar-refractivity contribution in [1.82, 2.24) is 25.8 Å². The number of nitrogens with zero attached hydrogens (tertiary/aromatic N) is 2. The lowest BCUT2D eigenvalue weighted by Gasteiger charge is -2.28. The first-order valence-corrected chi connectivity index (χ1v) is 16.2. The lowest BCUT2D eigenvalue weighted by atomic mass is 10.0. The molecule has 2 heterocycles. The van der Waals surface area contributed by atoms with E-state index in [1.54, 1.807) is 18.3 Å². The van der Waals surface area contributed by atoms with Crippen molar-refractivity contribution in [3.05, 3.63) is 83.4 Å². The lowest BCUT2D eigenvalue weighted by Crippen LogP contribution is -2.52. The molecule has 1 aromatic heterocycles. The second-order valence-electron chi connectivity index (χ2n) is 12.0. The summed E-state index contributed by atoms with van der Waals surface area (Å²) < 4.78 is 13.3. The van der Waals surface area contributed by atoms with Crippen molar-refractivity contribution >= 4 is 46.4 Å². The molecule has 0 aliphatic carbocycles. The molecule has 15 nitrogen and oxygen atoms in total. The van der Waals surface area contributed by atoms with Crippen molar-refractivity contribution < 1.29 is 28.4 Å². The number of para-hydroxylation sites is 1. The van der Waals surface area contributed by atoms with Crippen LogP contribution in [-0.4, -0.2) is 83.1 Å². The summed E-state index contributed by atoms with van der Waals surface area (Å²) in [5, 5.41) is 8.65. The maximum Gasteiger partial charge on any atom is 0.249 e. The first kappa shape index (κ1) is 37.1. The minimum atomic E-state index is -1.09. The van der Waals surface area contributed by atoms with Gasteiger partial charge in [0, 0.05) is 48.4 Å². The number of nitrogens with one attached hydrogen (secondary N) is 4. The van der Waals surface area contributed by atoms with Gasteiger partial charge in [0.2, 0.25) is 29.5 Å². The van der Waals surface area contributed by atoms with Crippen LogP contribution in [0.5, 0.6) is 0 Å². The largest absolute Gasteiger partial charge is 0.370 e. The maximum absolute atomic E-state index is 13.4. The fourth-order valence-corrected chi connectivity index (χ4v) is 5.58. The molecule has 0 unspecified atom stereocenters. The molecule has 3 atom stereocenters. The predicted molar refractivity (Wildman–Crippen MR) is 185 cm³/mol. The zero-order valence-electron chi connectivity index (χ0n) is 27.5. The third-order valence-electron chi connectivity index (χ3n) is 8.19. The van der Waals surface area contributed by atoms with Crippen molar-refractivity contribution in [2.24, 2.45) is 27.9 Å². The molecular weight excluding hydrogens is 647 g/mol. The van der Waals surface area contributed by atoms with Crippen LogP contribution in [-0.2, 0) is 36.8 Å². The van der Waals surface area contributed by atoms with Gasteiger partial charge >= 0.3 is 0 Å². The van der Waals surface area contributed by atoms with Gasteiger partial charge in [-0.25, -0.2) is 4.39 Å². The molecule has 50 heavy (non-hydrogen) atoms. The van der Waals surface area contributed by atoms with Gasteiger partial charge in [-0.05, 0) is 61.4 Å². The minimum absolute atomic E-state index is 0.124. The fraction of sp³-hybridized carbons (Fsp3) is 0.353. The number of carbonyl (C=O) groups is 5. The highest BCUT2D eigenvalue weighted by atomic mass is 19.1. The Morgan fingerprint density at radius 1 is 0.960 bits per heavy atom. The summed E-state index contributed by atoms with van der Waals surface area (Å²) in [6, 6.07) is 10.1. The van der Waals surface area contributed by atoms with E-state index >= 15 is 0 Å². The molecule has 0 radical (unpaired) electrons. The van der Waals surface area contributed by atoms with Crippen LogP contribution < -0.4 is 38.9 Å². The number of nitrogens with two attached hydrogens (primary N) is 4. The summed E-state index contributed by atoms with van der Waals surface area (Å²) in [6.45, 7) is 0.0398. The zero-order chi connectivity index (χ0) is 36.2. The van der Waals surface area contributed by atoms with Crippen LogP contribution in [0, 0.1) is 5.82 Å². The monoisotopic (exact) mass is 690 g/mol. The van der Waals surface area contributed by atoms with Crippen LogP contribution >= 0.6 is 0 Å². The number of H-pyrrole nitrogens is 1. The molecule has 0 spiro atoms. The van der Waals surface area contributed by atoms with Crippen LogP contribution in [0.3, 0.4) is 0 Å². The molecule has 0 saturated heterocycles. The van der Waals surface area contributed by atoms with Crippen molar-refractivity contribution in [2.75, 3.05) is 19.6 Å². The van der Waals surface area contributed by atoms with Crippen molar-refractivity contribution in [2.45, 2.75) is 56.7 Å². The number of carbonyl (C=O) groups excluding carboxylic acids is 5. The molecule has 1 aliphatic heterocycles. The Morgan fingerprint density at radius 2 is 1.70 bits per heavy atom. The zero-order valence-corrected chi connectivity index (χ0v) is 27.5. The molecule has 0 saturated carbocycles. The molecule has 3 aromatic rings. The number of benzene rings is 2. The van der Waals surface area contributed by atoms with Crippen LogP contribution in [0.15, 0.2) is 71.5 Å². The Kier molecular flexibility index (Phi) is 13.0. The summed E-state index contributed by atoms with van der Waals surface area (Å²) in [4.78, 5) is 73.1. The number of aromatic amines is 1. The fourth-order valence-electron chi connectivity index (χ4n) is 5.58. The van der Waals surface area contributed by atoms with Crippen LogP contribution in [0.2, 0.25) is 0 Å². The van der Waals surface area contributed by atoms with Crippen molar-refractivity contribution in [3.8, 4) is 0 Å². The highest BCUT2D eigenvalue weighted by Crippen LogP contribution is 2.20. The number of aromatic nitrogens is 1. The van der Waals surface area contributed by atoms with E-state index in [0.29, 0.717) is 31.4 Å². The van der Waals surface area contributed by atoms with E-state index in [4.69, 9.17) is 22.9 Å². The molecule has 5 amide bonds. The number of fused-ring (bicyclic) bond motifs is 1. The van der Waals surface area contributed by atoms with Crippen molar-refractivity contribution in [3.63, 3.8) is 0 Å². The number of hydrogen-bond acceptors (Lipinski definition) is 7. The van der Waals surface area contributed by atoms with Gasteiger partial charge in [0.15, 0.2) is 5.96 Å². The number of hydrogen-bond donors (Lipinski definition) is 8. The molecule has 0 fully saturated rings. The van der Waals surface area contributed by atoms with Gasteiger partial charge in [0.05, 0.1) is 12.6 Å². The van der Waals surface area contributed by atoms with E-state index in [9.17, 15) is 28.4 Å². The number of halogens is 1. The third kappa shape index (κ3) is 10.6. The topological polar surface area (TPSA) is 257 Å². The van der Waals surface area contributed by atoms with Gasteiger partial charge in [-0.15, -0.1) is 0 Å². The van der Waals surface area contributed by atoms with Gasteiger partial charge in [-0.1, -0.05) is 30.3 Å². The Labute approximate surface area is 288 Å². The number of primary amides is 1. The molecule has 2 aromatic carbocycles. The number of guanidine groups is 1. The van der Waals surface area contributed by atoms with Gasteiger partial charge in [-0.2, -0.15) is 0 Å². The van der Waals surface area contributed by atoms with E-state index in [2.05, 4.69) is 25.9 Å². The van der Waals surface area contributed by atoms with Gasteiger partial charge in [0.25, 0.3) is 0 Å². The first-order valence-electron chi connectivity index (χ1n) is 16.2. The number of amides is 5. The highest BCUT2D eigenvalue weighted by molar-refractivity contribution is 5.98. The van der Waals surface area contributed by atoms with E-state index in [1.807, 2.05) is 24.3 Å². The molecule has 1 aliphatic rings. The second-order valence-corrected chi connectivity index (χ2v) is 12.0. The van der Waals surface area contributed by atoms with Gasteiger partial charge in [-0.3, -0.25) is 29.0 Å². The molecule has 16 heteroatoms. The molecule has 4 rings (SSSR count). The van der Waals surface area contributed by atoms with Gasteiger partial charge < -0.3 is 48.8 Å². The van der Waals surface area contributed by atoms with E-state index in [-0.39, 0.29) is 37.3 Å². The summed E-state index contributed by atoms with van der Waals surface area (Å²) >= 11 is 0. The summed E-state index contributed by atoms with van der Waals surface area (Å²) in [7, 11) is 0. The van der Waals surface area contributed by atoms with E-state index in [0.717, 1.165) is 16.5 Å². The summed E-state index contributed by atoms with van der Waals surface area (Å²) in [6.07, 6.45) is 4.74. The van der Waals surface area contributed by atoms with Crippen LogP contribution in [0.4, 0.5) is 4.39 Å². The second kappa shape index (κ2) is 17.6. The standard InChI is InChI=1S/C34H43FN10O5/c35-23-11-9-20(10-12-23)15-25(36)33(50)45-14-4-5-21(19-45)31(48)44-27(8-3-13-40-34(38)39)32(49)42-18-29(46)43-28(30(37)47)16-22-17-41-26-7-2-1-6-24(22)26/h1-2,6-7,9-12,17,19,25,27-28,41H,3-5,8,13-16,18,36H2,(H2,37,47)(H,42,49)(H,43,46)(H,44,48)(H4,38,39,40)/t25-,27-,28-/m0/s1. The number of aliphatic imine (C=N–C) groups is 1. The quantitative estimate of drug-likeness (QED) is 0.0553. The summed E-state index contributed by atoms with van der Waals surface area (Å²) in [5.74, 6) is -3.57. The Balaban J connectivity index is 1.36. The Hall–Kier alpha value is -5.77. The van der Waals surface area contributed by atoms with E-state index < -0.39 is 60.0 Å². The van der Waals surface area contributed by atoms with Crippen molar-refractivity contribution in [1.29, 1.82) is 0 Å². The lowest BCUT2D eigenvalue weighted by molar-refractivity contribution is -0.131. The summed E-state index contributed by atoms with van der Waals surface area (Å²) in [5.41, 5.74) is 25.1. The maximum atomic E-state index is 13.4. The number of rotatable bonds is 16. The average molecular weight is 691 g/mol. The molecular formula is C34H43FN10O5. The molecule has 0 bridgehead atoms. The molecule has 266 valence electrons. The average Bonchev–Trinajstić information content (AvgIpc) is 3.51. The van der Waals surface area contributed by atoms with Crippen LogP contribution in [0.1, 0.15) is 36.8 Å². The van der Waals surface area contributed by atoms with E-state index in [1.165, 1.54) is 23.2 Å². The predicted octanol–water partition coefficient (Wildman–Crippen LogP) is -0.449. The third-order valence-corrected chi connectivity index (χ3v) is 8.19. The SMILES string of the molecule is NC(=O)[C@H](Cc1c[nH]c2ccccc12)NC(=O)CNC(=O)[C@H](CCCN=C(N)N)NC(=O)C1=CN(C(=O)[C@@H](N)Cc2ccc(F)cc2)CCC1. The van der Waals surface area contributed by atoms with Crippen LogP contribution in [0.25, 0.3) is 10.9 Å². The first-order chi connectivity index (χ1) is 23.9. The Bertz CT molecular complexity index is 1750. The smallest absolute Gasteiger partial charge is 0.249 e. The van der Waals surface area contributed by atoms with Gasteiger partial charge in [0.1, 0.15) is 17.9 Å². The Morgan fingerprint density at radius 3 is 2.42 bits per heavy atom.